The lowest BCUT2D eigenvalue weighted by atomic mass is 10.4. The van der Waals surface area contributed by atoms with E-state index in [1.807, 2.05) is 0 Å². The van der Waals surface area contributed by atoms with Gasteiger partial charge in [0.05, 0.1) is 17.1 Å². The van der Waals surface area contributed by atoms with E-state index in [9.17, 15) is 13.2 Å². The van der Waals surface area contributed by atoms with Crippen LogP contribution in [0.3, 0.4) is 0 Å². The van der Waals surface area contributed by atoms with Gasteiger partial charge in [-0.1, -0.05) is 0 Å². The molecule has 0 bridgehead atoms. The quantitative estimate of drug-likeness (QED) is 0.761. The first-order valence-electron chi connectivity index (χ1n) is 5.22. The van der Waals surface area contributed by atoms with E-state index in [-0.39, 0.29) is 16.3 Å². The second-order valence-corrected chi connectivity index (χ2v) is 6.73. The number of carboxylic acid groups (broad SMARTS) is 1. The number of carboxylic acids is 1. The Morgan fingerprint density at radius 2 is 2.32 bits per heavy atom. The smallest absolute Gasteiger partial charge is 0.345 e. The van der Waals surface area contributed by atoms with Crippen molar-refractivity contribution in [1.82, 2.24) is 14.9 Å². The van der Waals surface area contributed by atoms with Gasteiger partial charge in [-0.2, -0.15) is 5.10 Å². The van der Waals surface area contributed by atoms with Gasteiger partial charge in [-0.25, -0.2) is 17.9 Å². The Kier molecular flexibility index (Phi) is 3.69. The molecular weight excluding hydrogens is 290 g/mol. The fourth-order valence-corrected chi connectivity index (χ4v) is 3.91. The molecule has 0 atom stereocenters. The number of rotatable bonds is 5. The Morgan fingerprint density at radius 3 is 2.84 bits per heavy atom. The zero-order chi connectivity index (χ0) is 14.0. The molecule has 0 aliphatic carbocycles. The van der Waals surface area contributed by atoms with Crippen molar-refractivity contribution in [2.45, 2.75) is 18.4 Å². The molecule has 2 rings (SSSR count). The third kappa shape index (κ3) is 3.00. The van der Waals surface area contributed by atoms with Crippen LogP contribution in [0.5, 0.6) is 0 Å². The summed E-state index contributed by atoms with van der Waals surface area (Å²) < 4.78 is 26.5. The molecule has 0 amide bonds. The van der Waals surface area contributed by atoms with Crippen LogP contribution in [-0.2, 0) is 16.6 Å². The number of hydrogen-bond donors (Lipinski definition) is 3. The first kappa shape index (κ1) is 13.7. The molecule has 102 valence electrons. The molecule has 0 saturated carbocycles. The number of aromatic carboxylic acids is 1. The highest BCUT2D eigenvalue weighted by Crippen LogP contribution is 2.25. The Morgan fingerprint density at radius 1 is 1.58 bits per heavy atom. The van der Waals surface area contributed by atoms with Crippen LogP contribution in [0, 0.1) is 6.92 Å². The molecular formula is C10H11N3O4S2. The van der Waals surface area contributed by atoms with E-state index in [4.69, 9.17) is 5.11 Å². The minimum atomic E-state index is -3.73. The van der Waals surface area contributed by atoms with Crippen molar-refractivity contribution in [3.05, 3.63) is 33.8 Å². The van der Waals surface area contributed by atoms with Gasteiger partial charge >= 0.3 is 5.97 Å². The Bertz CT molecular complexity index is 688. The van der Waals surface area contributed by atoms with Gasteiger partial charge in [-0.05, 0) is 19.1 Å². The van der Waals surface area contributed by atoms with Crippen molar-refractivity contribution in [1.29, 1.82) is 0 Å². The average molecular weight is 301 g/mol. The summed E-state index contributed by atoms with van der Waals surface area (Å²) in [5.74, 6) is -1.14. The molecule has 3 N–H and O–H groups in total. The van der Waals surface area contributed by atoms with Crippen molar-refractivity contribution in [3.63, 3.8) is 0 Å². The van der Waals surface area contributed by atoms with Gasteiger partial charge in [0.15, 0.2) is 0 Å². The monoisotopic (exact) mass is 301 g/mol. The lowest BCUT2D eigenvalue weighted by Gasteiger charge is -2.04. The molecule has 0 spiro atoms. The molecule has 2 heterocycles. The molecule has 2 aromatic heterocycles. The topological polar surface area (TPSA) is 112 Å². The van der Waals surface area contributed by atoms with Gasteiger partial charge in [0.2, 0.25) is 10.0 Å². The van der Waals surface area contributed by atoms with Crippen molar-refractivity contribution >= 4 is 27.3 Å². The maximum absolute atomic E-state index is 12.1. The Hall–Kier alpha value is -1.71. The Labute approximate surface area is 113 Å². The molecule has 0 fully saturated rings. The number of aryl methyl sites for hydroxylation is 1. The van der Waals surface area contributed by atoms with Crippen LogP contribution in [0.25, 0.3) is 0 Å². The highest BCUT2D eigenvalue weighted by molar-refractivity contribution is 7.89. The average Bonchev–Trinajstić information content (AvgIpc) is 2.95. The van der Waals surface area contributed by atoms with Crippen molar-refractivity contribution in [2.24, 2.45) is 0 Å². The summed E-state index contributed by atoms with van der Waals surface area (Å²) in [5.41, 5.74) is 0.620. The number of nitrogens with zero attached hydrogens (tertiary/aromatic N) is 1. The highest BCUT2D eigenvalue weighted by Gasteiger charge is 2.21. The summed E-state index contributed by atoms with van der Waals surface area (Å²) >= 11 is 0.934. The van der Waals surface area contributed by atoms with Gasteiger partial charge in [0.25, 0.3) is 0 Å². The number of nitrogens with one attached hydrogen (secondary N) is 2. The fourth-order valence-electron chi connectivity index (χ4n) is 1.47. The van der Waals surface area contributed by atoms with Crippen molar-refractivity contribution in [2.75, 3.05) is 0 Å². The minimum Gasteiger partial charge on any atom is -0.477 e. The second kappa shape index (κ2) is 5.11. The number of thiophene rings is 1. The second-order valence-electron chi connectivity index (χ2n) is 3.74. The number of carbonyl (C=O) groups is 1. The van der Waals surface area contributed by atoms with Crippen LogP contribution in [0.2, 0.25) is 0 Å². The van der Waals surface area contributed by atoms with Crippen molar-refractivity contribution < 1.29 is 18.3 Å². The molecule has 9 heteroatoms. The van der Waals surface area contributed by atoms with Crippen LogP contribution >= 0.6 is 11.3 Å². The zero-order valence-corrected chi connectivity index (χ0v) is 11.5. The number of hydrogen-bond acceptors (Lipinski definition) is 5. The molecule has 0 unspecified atom stereocenters. The molecule has 2 aromatic rings. The molecule has 0 aliphatic rings. The third-order valence-electron chi connectivity index (χ3n) is 2.38. The summed E-state index contributed by atoms with van der Waals surface area (Å²) in [5, 5.41) is 15.2. The lowest BCUT2D eigenvalue weighted by molar-refractivity contribution is 0.0702. The van der Waals surface area contributed by atoms with Gasteiger partial charge in [-0.3, -0.25) is 5.10 Å². The fraction of sp³-hybridized carbons (Fsp3) is 0.200. The maximum Gasteiger partial charge on any atom is 0.345 e. The first-order chi connectivity index (χ1) is 8.90. The maximum atomic E-state index is 12.1. The minimum absolute atomic E-state index is 0.000541. The molecule has 0 saturated heterocycles. The standard InChI is InChI=1S/C10H11N3O4S2/c1-6-9(4-8(18-6)10(14)15)19(16,17)12-5-7-2-3-11-13-7/h2-4,12H,5H2,1H3,(H,11,13)(H,14,15). The van der Waals surface area contributed by atoms with Crippen LogP contribution in [0.1, 0.15) is 20.2 Å². The summed E-state index contributed by atoms with van der Waals surface area (Å²) in [4.78, 5) is 11.3. The van der Waals surface area contributed by atoms with Crippen LogP contribution in [0.4, 0.5) is 0 Å². The molecule has 0 aliphatic heterocycles. The van der Waals surface area contributed by atoms with E-state index < -0.39 is 16.0 Å². The van der Waals surface area contributed by atoms with E-state index in [1.165, 1.54) is 6.20 Å². The number of aromatic nitrogens is 2. The van der Waals surface area contributed by atoms with E-state index in [0.29, 0.717) is 10.6 Å². The SMILES string of the molecule is Cc1sc(C(=O)O)cc1S(=O)(=O)NCc1ccn[nH]1. The molecule has 7 nitrogen and oxygen atoms in total. The molecule has 19 heavy (non-hydrogen) atoms. The molecule has 0 aromatic carbocycles. The van der Waals surface area contributed by atoms with Gasteiger partial charge in [0.1, 0.15) is 4.88 Å². The molecule has 0 radical (unpaired) electrons. The number of H-pyrrole nitrogens is 1. The predicted molar refractivity (Wildman–Crippen MR) is 68.6 cm³/mol. The lowest BCUT2D eigenvalue weighted by Crippen LogP contribution is -2.23. The van der Waals surface area contributed by atoms with Gasteiger partial charge in [0, 0.05) is 11.1 Å². The van der Waals surface area contributed by atoms with Crippen molar-refractivity contribution in [3.8, 4) is 0 Å². The van der Waals surface area contributed by atoms with Crippen LogP contribution in [-0.4, -0.2) is 29.7 Å². The van der Waals surface area contributed by atoms with Crippen LogP contribution in [0.15, 0.2) is 23.2 Å². The third-order valence-corrected chi connectivity index (χ3v) is 5.08. The Balaban J connectivity index is 2.22. The largest absolute Gasteiger partial charge is 0.477 e. The van der Waals surface area contributed by atoms with E-state index in [1.54, 1.807) is 13.0 Å². The van der Waals surface area contributed by atoms with E-state index >= 15 is 0 Å². The zero-order valence-electron chi connectivity index (χ0n) is 9.87. The summed E-state index contributed by atoms with van der Waals surface area (Å²) in [6, 6.07) is 2.81. The predicted octanol–water partition coefficient (Wildman–Crippen LogP) is 0.956. The number of aromatic amines is 1. The normalized spacial score (nSPS) is 11.6. The summed E-state index contributed by atoms with van der Waals surface area (Å²) in [7, 11) is -3.73. The van der Waals surface area contributed by atoms with Gasteiger partial charge in [-0.15, -0.1) is 11.3 Å². The van der Waals surface area contributed by atoms with E-state index in [2.05, 4.69) is 14.9 Å². The number of sulfonamides is 1. The summed E-state index contributed by atoms with van der Waals surface area (Å²) in [6.07, 6.45) is 1.52. The highest BCUT2D eigenvalue weighted by atomic mass is 32.2. The van der Waals surface area contributed by atoms with Crippen LogP contribution < -0.4 is 4.72 Å². The van der Waals surface area contributed by atoms with E-state index in [0.717, 1.165) is 17.4 Å². The summed E-state index contributed by atoms with van der Waals surface area (Å²) in [6.45, 7) is 1.64. The van der Waals surface area contributed by atoms with Gasteiger partial charge < -0.3 is 5.11 Å². The first-order valence-corrected chi connectivity index (χ1v) is 7.52.